The Hall–Kier alpha value is -1.22. The van der Waals surface area contributed by atoms with Gasteiger partial charge in [0, 0.05) is 5.54 Å². The Bertz CT molecular complexity index is 317. The summed E-state index contributed by atoms with van der Waals surface area (Å²) < 4.78 is 5.05. The van der Waals surface area contributed by atoms with Gasteiger partial charge >= 0.3 is 0 Å². The summed E-state index contributed by atoms with van der Waals surface area (Å²) in [5, 5.41) is 9.65. The van der Waals surface area contributed by atoms with Crippen molar-refractivity contribution in [2.24, 2.45) is 5.73 Å². The molecule has 1 rings (SSSR count). The van der Waals surface area contributed by atoms with Crippen LogP contribution in [-0.4, -0.2) is 12.2 Å². The molecule has 0 unspecified atom stereocenters. The van der Waals surface area contributed by atoms with Crippen molar-refractivity contribution in [2.75, 3.05) is 7.11 Å². The third-order valence-electron chi connectivity index (χ3n) is 2.20. The minimum atomic E-state index is -0.450. The Balaban J connectivity index is 3.28. The lowest BCUT2D eigenvalue weighted by Gasteiger charge is -2.21. The molecule has 0 saturated heterocycles. The summed E-state index contributed by atoms with van der Waals surface area (Å²) in [6.07, 6.45) is 0. The predicted molar refractivity (Wildman–Crippen MR) is 56.6 cm³/mol. The first kappa shape index (κ1) is 10.9. The summed E-state index contributed by atoms with van der Waals surface area (Å²) in [5.74, 6) is 0.652. The topological polar surface area (TPSA) is 55.5 Å². The van der Waals surface area contributed by atoms with Crippen molar-refractivity contribution in [3.63, 3.8) is 0 Å². The second-order valence-corrected chi connectivity index (χ2v) is 4.07. The van der Waals surface area contributed by atoms with Gasteiger partial charge in [-0.05, 0) is 38.0 Å². The van der Waals surface area contributed by atoms with Gasteiger partial charge in [-0.2, -0.15) is 0 Å². The molecule has 1 aromatic rings. The third kappa shape index (κ3) is 1.99. The molecule has 78 valence electrons. The van der Waals surface area contributed by atoms with Crippen LogP contribution in [0, 0.1) is 6.92 Å². The van der Waals surface area contributed by atoms with Crippen molar-refractivity contribution in [3.05, 3.63) is 23.3 Å². The molecule has 1 aromatic carbocycles. The molecule has 0 radical (unpaired) electrons. The second kappa shape index (κ2) is 3.50. The smallest absolute Gasteiger partial charge is 0.163 e. The molecular weight excluding hydrogens is 178 g/mol. The summed E-state index contributed by atoms with van der Waals surface area (Å²) >= 11 is 0. The van der Waals surface area contributed by atoms with Crippen molar-refractivity contribution in [2.45, 2.75) is 26.3 Å². The van der Waals surface area contributed by atoms with Crippen molar-refractivity contribution in [1.82, 2.24) is 0 Å². The van der Waals surface area contributed by atoms with Crippen LogP contribution in [0.1, 0.15) is 25.0 Å². The largest absolute Gasteiger partial charge is 0.504 e. The number of hydrogen-bond acceptors (Lipinski definition) is 3. The number of benzene rings is 1. The first-order valence-corrected chi connectivity index (χ1v) is 4.53. The highest BCUT2D eigenvalue weighted by Crippen LogP contribution is 2.33. The van der Waals surface area contributed by atoms with Gasteiger partial charge in [-0.25, -0.2) is 0 Å². The van der Waals surface area contributed by atoms with E-state index in [4.69, 9.17) is 10.5 Å². The summed E-state index contributed by atoms with van der Waals surface area (Å²) in [7, 11) is 1.54. The molecule has 14 heavy (non-hydrogen) atoms. The van der Waals surface area contributed by atoms with Crippen molar-refractivity contribution < 1.29 is 9.84 Å². The molecule has 0 aliphatic rings. The highest BCUT2D eigenvalue weighted by Gasteiger charge is 2.17. The molecular formula is C11H17NO2. The van der Waals surface area contributed by atoms with Gasteiger partial charge < -0.3 is 15.6 Å². The average molecular weight is 195 g/mol. The second-order valence-electron chi connectivity index (χ2n) is 4.07. The number of methoxy groups -OCH3 is 1. The normalized spacial score (nSPS) is 11.5. The van der Waals surface area contributed by atoms with E-state index in [1.807, 2.05) is 26.8 Å². The predicted octanol–water partition coefficient (Wildman–Crippen LogP) is 1.90. The van der Waals surface area contributed by atoms with Crippen LogP contribution in [-0.2, 0) is 5.54 Å². The van der Waals surface area contributed by atoms with Gasteiger partial charge in [0.2, 0.25) is 0 Å². The molecule has 0 amide bonds. The monoisotopic (exact) mass is 195 g/mol. The Kier molecular flexibility index (Phi) is 2.71. The van der Waals surface area contributed by atoms with Gasteiger partial charge in [-0.15, -0.1) is 0 Å². The lowest BCUT2D eigenvalue weighted by molar-refractivity contribution is 0.369. The average Bonchev–Trinajstić information content (AvgIpc) is 2.01. The fourth-order valence-corrected chi connectivity index (χ4v) is 1.39. The molecule has 3 heteroatoms. The van der Waals surface area contributed by atoms with Crippen LogP contribution in [0.25, 0.3) is 0 Å². The summed E-state index contributed by atoms with van der Waals surface area (Å²) in [6, 6.07) is 3.57. The van der Waals surface area contributed by atoms with E-state index in [1.54, 1.807) is 6.07 Å². The third-order valence-corrected chi connectivity index (χ3v) is 2.20. The Labute approximate surface area is 84.5 Å². The zero-order valence-electron chi connectivity index (χ0n) is 9.09. The van der Waals surface area contributed by atoms with E-state index in [2.05, 4.69) is 0 Å². The molecule has 0 saturated carbocycles. The van der Waals surface area contributed by atoms with Gasteiger partial charge in [0.1, 0.15) is 0 Å². The van der Waals surface area contributed by atoms with Crippen LogP contribution in [0.2, 0.25) is 0 Å². The van der Waals surface area contributed by atoms with Gasteiger partial charge in [0.25, 0.3) is 0 Å². The molecule has 3 N–H and O–H groups in total. The summed E-state index contributed by atoms with van der Waals surface area (Å²) in [4.78, 5) is 0. The van der Waals surface area contributed by atoms with Crippen LogP contribution in [0.15, 0.2) is 12.1 Å². The minimum absolute atomic E-state index is 0.140. The van der Waals surface area contributed by atoms with Crippen LogP contribution >= 0.6 is 0 Å². The number of rotatable bonds is 2. The molecule has 0 aliphatic carbocycles. The van der Waals surface area contributed by atoms with Crippen molar-refractivity contribution in [3.8, 4) is 11.5 Å². The van der Waals surface area contributed by atoms with Gasteiger partial charge in [-0.1, -0.05) is 6.07 Å². The van der Waals surface area contributed by atoms with Crippen LogP contribution < -0.4 is 10.5 Å². The van der Waals surface area contributed by atoms with Gasteiger partial charge in [0.15, 0.2) is 11.5 Å². The first-order valence-electron chi connectivity index (χ1n) is 4.53. The fraction of sp³-hybridized carbons (Fsp3) is 0.455. The molecule has 0 heterocycles. The van der Waals surface area contributed by atoms with E-state index in [-0.39, 0.29) is 5.75 Å². The molecule has 0 aromatic heterocycles. The van der Waals surface area contributed by atoms with E-state index in [0.29, 0.717) is 5.75 Å². The van der Waals surface area contributed by atoms with Crippen molar-refractivity contribution >= 4 is 0 Å². The quantitative estimate of drug-likeness (QED) is 0.757. The maximum atomic E-state index is 9.65. The fourth-order valence-electron chi connectivity index (χ4n) is 1.39. The standard InChI is InChI=1S/C11H17NO2/c1-7-5-8(11(2,3)12)6-9(13)10(7)14-4/h5-6,13H,12H2,1-4H3. The number of nitrogens with two attached hydrogens (primary N) is 1. The number of ether oxygens (including phenoxy) is 1. The van der Waals surface area contributed by atoms with E-state index < -0.39 is 5.54 Å². The van der Waals surface area contributed by atoms with Crippen LogP contribution in [0.3, 0.4) is 0 Å². The lowest BCUT2D eigenvalue weighted by atomic mass is 9.93. The lowest BCUT2D eigenvalue weighted by Crippen LogP contribution is -2.28. The van der Waals surface area contributed by atoms with E-state index in [1.165, 1.54) is 7.11 Å². The number of phenols is 1. The van der Waals surface area contributed by atoms with Crippen LogP contribution in [0.5, 0.6) is 11.5 Å². The van der Waals surface area contributed by atoms with Gasteiger partial charge in [-0.3, -0.25) is 0 Å². The maximum Gasteiger partial charge on any atom is 0.163 e. The maximum absolute atomic E-state index is 9.65. The zero-order chi connectivity index (χ0) is 10.9. The summed E-state index contributed by atoms with van der Waals surface area (Å²) in [6.45, 7) is 5.68. The highest BCUT2D eigenvalue weighted by atomic mass is 16.5. The number of phenolic OH excluding ortho intramolecular Hbond substituents is 1. The SMILES string of the molecule is COc1c(C)cc(C(C)(C)N)cc1O. The Morgan fingerprint density at radius 3 is 2.29 bits per heavy atom. The number of aromatic hydroxyl groups is 1. The Morgan fingerprint density at radius 1 is 1.36 bits per heavy atom. The van der Waals surface area contributed by atoms with E-state index in [9.17, 15) is 5.11 Å². The van der Waals surface area contributed by atoms with E-state index >= 15 is 0 Å². The Morgan fingerprint density at radius 2 is 1.93 bits per heavy atom. The molecule has 0 fully saturated rings. The molecule has 0 atom stereocenters. The van der Waals surface area contributed by atoms with Crippen molar-refractivity contribution in [1.29, 1.82) is 0 Å². The van der Waals surface area contributed by atoms with E-state index in [0.717, 1.165) is 11.1 Å². The summed E-state index contributed by atoms with van der Waals surface area (Å²) in [5.41, 5.74) is 7.27. The highest BCUT2D eigenvalue weighted by molar-refractivity contribution is 5.49. The number of hydrogen-bond donors (Lipinski definition) is 2. The van der Waals surface area contributed by atoms with Crippen LogP contribution in [0.4, 0.5) is 0 Å². The minimum Gasteiger partial charge on any atom is -0.504 e. The van der Waals surface area contributed by atoms with Gasteiger partial charge in [0.05, 0.1) is 7.11 Å². The molecule has 0 aliphatic heterocycles. The number of aryl methyl sites for hydroxylation is 1. The molecule has 0 bridgehead atoms. The zero-order valence-corrected chi connectivity index (χ0v) is 9.09. The molecule has 3 nitrogen and oxygen atoms in total. The first-order chi connectivity index (χ1) is 6.36. The molecule has 0 spiro atoms.